The number of rotatable bonds is 4. The van der Waals surface area contributed by atoms with Crippen molar-refractivity contribution in [1.82, 2.24) is 0 Å². The summed E-state index contributed by atoms with van der Waals surface area (Å²) in [4.78, 5) is 0. The predicted molar refractivity (Wildman–Crippen MR) is 68.1 cm³/mol. The van der Waals surface area contributed by atoms with Crippen molar-refractivity contribution in [3.63, 3.8) is 0 Å². The van der Waals surface area contributed by atoms with E-state index in [2.05, 4.69) is 0 Å². The van der Waals surface area contributed by atoms with Crippen molar-refractivity contribution < 1.29 is 19.3 Å². The molecule has 1 aromatic rings. The molecule has 18 heavy (non-hydrogen) atoms. The third-order valence-electron chi connectivity index (χ3n) is 3.45. The summed E-state index contributed by atoms with van der Waals surface area (Å²) in [5.41, 5.74) is 0.260. The summed E-state index contributed by atoms with van der Waals surface area (Å²) < 4.78 is 16.3. The topological polar surface area (TPSA) is 47.9 Å². The Morgan fingerprint density at radius 2 is 2.17 bits per heavy atom. The first-order chi connectivity index (χ1) is 8.67. The monoisotopic (exact) mass is 272 g/mol. The lowest BCUT2D eigenvalue weighted by atomic mass is 9.76. The number of hydrogen-bond acceptors (Lipinski definition) is 4. The van der Waals surface area contributed by atoms with Gasteiger partial charge >= 0.3 is 0 Å². The molecule has 1 atom stereocenters. The van der Waals surface area contributed by atoms with Crippen LogP contribution < -0.4 is 4.74 Å². The molecule has 0 saturated carbocycles. The highest BCUT2D eigenvalue weighted by atomic mass is 35.5. The average molecular weight is 273 g/mol. The first-order valence-electron chi connectivity index (χ1n) is 5.77. The average Bonchev–Trinajstić information content (AvgIpc) is 2.39. The maximum absolute atomic E-state index is 9.84. The number of methoxy groups -OCH3 is 2. The van der Waals surface area contributed by atoms with E-state index in [0.29, 0.717) is 23.8 Å². The Kier molecular flexibility index (Phi) is 4.12. The van der Waals surface area contributed by atoms with Gasteiger partial charge < -0.3 is 19.3 Å². The second-order valence-electron chi connectivity index (χ2n) is 4.36. The Balaban J connectivity index is 2.51. The van der Waals surface area contributed by atoms with Crippen LogP contribution >= 0.6 is 11.6 Å². The van der Waals surface area contributed by atoms with Gasteiger partial charge in [0.05, 0.1) is 18.6 Å². The number of fused-ring (bicyclic) bond motifs is 1. The van der Waals surface area contributed by atoms with E-state index in [1.807, 2.05) is 6.07 Å². The molecule has 0 spiro atoms. The Labute approximate surface area is 111 Å². The third kappa shape index (κ3) is 2.10. The van der Waals surface area contributed by atoms with Crippen LogP contribution in [0.3, 0.4) is 0 Å². The maximum atomic E-state index is 9.84. The SMILES string of the molecule is COC(OC)[C@]1(CO)CCOc2cc(Cl)ccc21. The molecule has 0 amide bonds. The summed E-state index contributed by atoms with van der Waals surface area (Å²) in [6, 6.07) is 5.39. The Morgan fingerprint density at radius 1 is 1.44 bits per heavy atom. The molecule has 5 heteroatoms. The van der Waals surface area contributed by atoms with Crippen molar-refractivity contribution in [2.24, 2.45) is 0 Å². The van der Waals surface area contributed by atoms with Gasteiger partial charge in [0.2, 0.25) is 0 Å². The highest BCUT2D eigenvalue weighted by Gasteiger charge is 2.45. The molecule has 0 unspecified atom stereocenters. The minimum Gasteiger partial charge on any atom is -0.493 e. The number of benzene rings is 1. The zero-order valence-corrected chi connectivity index (χ0v) is 11.2. The largest absolute Gasteiger partial charge is 0.493 e. The van der Waals surface area contributed by atoms with E-state index >= 15 is 0 Å². The molecule has 0 aliphatic carbocycles. The number of aliphatic hydroxyl groups is 1. The van der Waals surface area contributed by atoms with Gasteiger partial charge in [-0.3, -0.25) is 0 Å². The van der Waals surface area contributed by atoms with E-state index < -0.39 is 11.7 Å². The lowest BCUT2D eigenvalue weighted by Crippen LogP contribution is -2.48. The summed E-state index contributed by atoms with van der Waals surface area (Å²) >= 11 is 5.96. The second kappa shape index (κ2) is 5.45. The van der Waals surface area contributed by atoms with E-state index in [-0.39, 0.29) is 6.61 Å². The first kappa shape index (κ1) is 13.6. The molecule has 0 fully saturated rings. The van der Waals surface area contributed by atoms with Gasteiger partial charge in [0.15, 0.2) is 6.29 Å². The lowest BCUT2D eigenvalue weighted by Gasteiger charge is -2.41. The fourth-order valence-corrected chi connectivity index (χ4v) is 2.70. The molecule has 0 saturated heterocycles. The maximum Gasteiger partial charge on any atom is 0.168 e. The molecule has 0 radical (unpaired) electrons. The normalized spacial score (nSPS) is 22.7. The van der Waals surface area contributed by atoms with Crippen LogP contribution in [0.25, 0.3) is 0 Å². The minimum atomic E-state index is -0.609. The second-order valence-corrected chi connectivity index (χ2v) is 4.79. The summed E-state index contributed by atoms with van der Waals surface area (Å²) in [6.07, 6.45) is 0.108. The van der Waals surface area contributed by atoms with Gasteiger partial charge in [0.25, 0.3) is 0 Å². The van der Waals surface area contributed by atoms with Crippen LogP contribution in [0.4, 0.5) is 0 Å². The molecule has 1 aromatic carbocycles. The number of aliphatic hydroxyl groups excluding tert-OH is 1. The molecular formula is C13H17ClO4. The Hall–Kier alpha value is -0.810. The lowest BCUT2D eigenvalue weighted by molar-refractivity contribution is -0.167. The summed E-state index contributed by atoms with van der Waals surface area (Å²) in [7, 11) is 3.13. The van der Waals surface area contributed by atoms with Gasteiger partial charge in [-0.05, 0) is 18.6 Å². The van der Waals surface area contributed by atoms with Crippen LogP contribution in [-0.4, -0.2) is 38.8 Å². The van der Waals surface area contributed by atoms with Crippen molar-refractivity contribution in [3.05, 3.63) is 28.8 Å². The molecule has 1 N–H and O–H groups in total. The fraction of sp³-hybridized carbons (Fsp3) is 0.538. The van der Waals surface area contributed by atoms with E-state index in [1.165, 1.54) is 0 Å². The van der Waals surface area contributed by atoms with E-state index in [1.54, 1.807) is 26.4 Å². The highest BCUT2D eigenvalue weighted by molar-refractivity contribution is 6.30. The smallest absolute Gasteiger partial charge is 0.168 e. The molecule has 1 heterocycles. The number of halogens is 1. The van der Waals surface area contributed by atoms with Crippen LogP contribution in [0, 0.1) is 0 Å². The zero-order chi connectivity index (χ0) is 13.2. The molecular weight excluding hydrogens is 256 g/mol. The van der Waals surface area contributed by atoms with Crippen molar-refractivity contribution in [1.29, 1.82) is 0 Å². The van der Waals surface area contributed by atoms with Gasteiger partial charge in [-0.25, -0.2) is 0 Å². The summed E-state index contributed by atoms with van der Waals surface area (Å²) in [6.45, 7) is 0.425. The number of ether oxygens (including phenoxy) is 3. The summed E-state index contributed by atoms with van der Waals surface area (Å²) in [5, 5.41) is 10.4. The van der Waals surface area contributed by atoms with Gasteiger partial charge in [0, 0.05) is 24.8 Å². The van der Waals surface area contributed by atoms with Gasteiger partial charge in [0.1, 0.15) is 5.75 Å². The third-order valence-corrected chi connectivity index (χ3v) is 3.68. The van der Waals surface area contributed by atoms with Crippen molar-refractivity contribution >= 4 is 11.6 Å². The highest BCUT2D eigenvalue weighted by Crippen LogP contribution is 2.43. The van der Waals surface area contributed by atoms with E-state index in [4.69, 9.17) is 25.8 Å². The van der Waals surface area contributed by atoms with Crippen LogP contribution in [0.5, 0.6) is 5.75 Å². The van der Waals surface area contributed by atoms with E-state index in [9.17, 15) is 5.11 Å². The van der Waals surface area contributed by atoms with Crippen molar-refractivity contribution in [2.75, 3.05) is 27.4 Å². The van der Waals surface area contributed by atoms with Crippen LogP contribution in [0.2, 0.25) is 5.02 Å². The Bertz CT molecular complexity index is 419. The molecule has 1 aliphatic rings. The molecule has 100 valence electrons. The first-order valence-corrected chi connectivity index (χ1v) is 6.15. The molecule has 4 nitrogen and oxygen atoms in total. The molecule has 0 bridgehead atoms. The Morgan fingerprint density at radius 3 is 2.78 bits per heavy atom. The zero-order valence-electron chi connectivity index (χ0n) is 10.5. The fourth-order valence-electron chi connectivity index (χ4n) is 2.54. The molecule has 0 aromatic heterocycles. The van der Waals surface area contributed by atoms with Crippen molar-refractivity contribution in [3.8, 4) is 5.75 Å². The van der Waals surface area contributed by atoms with Gasteiger partial charge in [-0.1, -0.05) is 17.7 Å². The van der Waals surface area contributed by atoms with Crippen LogP contribution in [0.1, 0.15) is 12.0 Å². The summed E-state index contributed by atoms with van der Waals surface area (Å²) in [5.74, 6) is 0.682. The van der Waals surface area contributed by atoms with Crippen LogP contribution in [-0.2, 0) is 14.9 Å². The predicted octanol–water partition coefficient (Wildman–Crippen LogP) is 1.97. The van der Waals surface area contributed by atoms with E-state index in [0.717, 1.165) is 5.56 Å². The van der Waals surface area contributed by atoms with Gasteiger partial charge in [-0.15, -0.1) is 0 Å². The number of hydrogen-bond donors (Lipinski definition) is 1. The van der Waals surface area contributed by atoms with Crippen LogP contribution in [0.15, 0.2) is 18.2 Å². The van der Waals surface area contributed by atoms with Gasteiger partial charge in [-0.2, -0.15) is 0 Å². The molecule has 1 aliphatic heterocycles. The standard InChI is InChI=1S/C13H17ClO4/c1-16-12(17-2)13(8-15)5-6-18-11-7-9(14)3-4-10(11)13/h3-4,7,12,15H,5-6,8H2,1-2H3/t13-/m0/s1. The quantitative estimate of drug-likeness (QED) is 0.852. The minimum absolute atomic E-state index is 0.0721. The molecule has 2 rings (SSSR count). The van der Waals surface area contributed by atoms with Crippen molar-refractivity contribution in [2.45, 2.75) is 18.1 Å².